The van der Waals surface area contributed by atoms with Crippen LogP contribution in [0.3, 0.4) is 0 Å². The first kappa shape index (κ1) is 13.8. The standard InChI is InChI=1S/C11H7ClF4N2O/c1-5(12)9-17-10(19-18-9)6-3-2-4-7(8(6)13)11(14,15)16/h2-5H,1H3. The van der Waals surface area contributed by atoms with Crippen LogP contribution in [-0.2, 0) is 6.18 Å². The summed E-state index contributed by atoms with van der Waals surface area (Å²) in [6.45, 7) is 1.55. The van der Waals surface area contributed by atoms with Crippen molar-refractivity contribution in [3.8, 4) is 11.5 Å². The van der Waals surface area contributed by atoms with Crippen molar-refractivity contribution in [3.05, 3.63) is 35.4 Å². The second kappa shape index (κ2) is 4.80. The van der Waals surface area contributed by atoms with Gasteiger partial charge in [-0.1, -0.05) is 11.2 Å². The molecule has 19 heavy (non-hydrogen) atoms. The van der Waals surface area contributed by atoms with Gasteiger partial charge in [-0.3, -0.25) is 0 Å². The molecule has 1 unspecified atom stereocenters. The summed E-state index contributed by atoms with van der Waals surface area (Å²) >= 11 is 5.69. The van der Waals surface area contributed by atoms with Crippen LogP contribution in [0.5, 0.6) is 0 Å². The lowest BCUT2D eigenvalue weighted by Crippen LogP contribution is -2.08. The molecule has 1 aromatic heterocycles. The van der Waals surface area contributed by atoms with E-state index in [-0.39, 0.29) is 11.7 Å². The van der Waals surface area contributed by atoms with Gasteiger partial charge in [-0.05, 0) is 19.1 Å². The van der Waals surface area contributed by atoms with Gasteiger partial charge in [0, 0.05) is 0 Å². The largest absolute Gasteiger partial charge is 0.419 e. The lowest BCUT2D eigenvalue weighted by molar-refractivity contribution is -0.139. The highest BCUT2D eigenvalue weighted by atomic mass is 35.5. The van der Waals surface area contributed by atoms with Crippen LogP contribution < -0.4 is 0 Å². The van der Waals surface area contributed by atoms with Gasteiger partial charge in [-0.15, -0.1) is 11.6 Å². The van der Waals surface area contributed by atoms with E-state index >= 15 is 0 Å². The van der Waals surface area contributed by atoms with E-state index in [0.717, 1.165) is 12.1 Å². The average Bonchev–Trinajstić information content (AvgIpc) is 2.77. The highest BCUT2D eigenvalue weighted by molar-refractivity contribution is 6.20. The van der Waals surface area contributed by atoms with Gasteiger partial charge in [0.25, 0.3) is 5.89 Å². The summed E-state index contributed by atoms with van der Waals surface area (Å²) in [5.41, 5.74) is -1.80. The van der Waals surface area contributed by atoms with Crippen LogP contribution in [0.15, 0.2) is 22.7 Å². The van der Waals surface area contributed by atoms with Gasteiger partial charge in [-0.2, -0.15) is 18.2 Å². The minimum absolute atomic E-state index is 0.0773. The van der Waals surface area contributed by atoms with Crippen LogP contribution in [0.25, 0.3) is 11.5 Å². The lowest BCUT2D eigenvalue weighted by atomic mass is 10.1. The second-order valence-electron chi connectivity index (χ2n) is 3.74. The molecule has 0 fully saturated rings. The zero-order valence-corrected chi connectivity index (χ0v) is 10.3. The first-order valence-corrected chi connectivity index (χ1v) is 5.58. The molecule has 3 nitrogen and oxygen atoms in total. The molecule has 0 aliphatic heterocycles. The lowest BCUT2D eigenvalue weighted by Gasteiger charge is -2.08. The van der Waals surface area contributed by atoms with E-state index in [1.807, 2.05) is 0 Å². The minimum atomic E-state index is -4.79. The third-order valence-electron chi connectivity index (χ3n) is 2.33. The van der Waals surface area contributed by atoms with Crippen molar-refractivity contribution in [1.29, 1.82) is 0 Å². The van der Waals surface area contributed by atoms with Gasteiger partial charge in [0.15, 0.2) is 5.82 Å². The molecule has 2 rings (SSSR count). The quantitative estimate of drug-likeness (QED) is 0.615. The molecule has 0 bridgehead atoms. The number of rotatable bonds is 2. The van der Waals surface area contributed by atoms with Gasteiger partial charge >= 0.3 is 6.18 Å². The summed E-state index contributed by atoms with van der Waals surface area (Å²) in [5.74, 6) is -1.72. The SMILES string of the molecule is CC(Cl)c1noc(-c2cccc(C(F)(F)F)c2F)n1. The Kier molecular flexibility index (Phi) is 3.49. The van der Waals surface area contributed by atoms with Gasteiger partial charge < -0.3 is 4.52 Å². The Morgan fingerprint density at radius 3 is 2.53 bits per heavy atom. The molecule has 8 heteroatoms. The molecule has 0 N–H and O–H groups in total. The van der Waals surface area contributed by atoms with Crippen molar-refractivity contribution in [2.75, 3.05) is 0 Å². The Morgan fingerprint density at radius 1 is 1.32 bits per heavy atom. The summed E-state index contributed by atoms with van der Waals surface area (Å²) in [7, 11) is 0. The zero-order chi connectivity index (χ0) is 14.2. The van der Waals surface area contributed by atoms with E-state index in [1.54, 1.807) is 6.92 Å². The Bertz CT molecular complexity index is 595. The Labute approximate surface area is 110 Å². The van der Waals surface area contributed by atoms with Crippen LogP contribution in [0.4, 0.5) is 17.6 Å². The average molecular weight is 295 g/mol. The van der Waals surface area contributed by atoms with E-state index in [2.05, 4.69) is 10.1 Å². The molecule has 2 aromatic rings. The summed E-state index contributed by atoms with van der Waals surface area (Å²) < 4.78 is 56.1. The highest BCUT2D eigenvalue weighted by Crippen LogP contribution is 2.35. The molecular formula is C11H7ClF4N2O. The van der Waals surface area contributed by atoms with Gasteiger partial charge in [0.05, 0.1) is 16.5 Å². The topological polar surface area (TPSA) is 38.9 Å². The molecule has 0 spiro atoms. The van der Waals surface area contributed by atoms with E-state index < -0.39 is 28.5 Å². The maximum absolute atomic E-state index is 13.8. The molecule has 0 radical (unpaired) electrons. The molecule has 1 atom stereocenters. The van der Waals surface area contributed by atoms with Crippen LogP contribution in [0, 0.1) is 5.82 Å². The van der Waals surface area contributed by atoms with E-state index in [9.17, 15) is 17.6 Å². The molecule has 0 aliphatic rings. The monoisotopic (exact) mass is 294 g/mol. The summed E-state index contributed by atoms with van der Waals surface area (Å²) in [5, 5.41) is 2.87. The fourth-order valence-electron chi connectivity index (χ4n) is 1.42. The number of hydrogen-bond donors (Lipinski definition) is 0. The summed E-state index contributed by atoms with van der Waals surface area (Å²) in [6, 6.07) is 2.83. The summed E-state index contributed by atoms with van der Waals surface area (Å²) in [4.78, 5) is 3.75. The predicted molar refractivity (Wildman–Crippen MR) is 59.0 cm³/mol. The molecule has 0 amide bonds. The number of aromatic nitrogens is 2. The van der Waals surface area contributed by atoms with E-state index in [1.165, 1.54) is 0 Å². The number of hydrogen-bond acceptors (Lipinski definition) is 3. The smallest absolute Gasteiger partial charge is 0.334 e. The normalized spacial score (nSPS) is 13.6. The van der Waals surface area contributed by atoms with Crippen molar-refractivity contribution >= 4 is 11.6 Å². The van der Waals surface area contributed by atoms with Gasteiger partial charge in [0.2, 0.25) is 0 Å². The Hall–Kier alpha value is -1.63. The maximum atomic E-state index is 13.8. The molecule has 1 aromatic carbocycles. The van der Waals surface area contributed by atoms with E-state index in [0.29, 0.717) is 6.07 Å². The zero-order valence-electron chi connectivity index (χ0n) is 9.50. The van der Waals surface area contributed by atoms with Crippen molar-refractivity contribution in [2.24, 2.45) is 0 Å². The number of halogens is 5. The highest BCUT2D eigenvalue weighted by Gasteiger charge is 2.35. The maximum Gasteiger partial charge on any atom is 0.419 e. The van der Waals surface area contributed by atoms with Crippen LogP contribution >= 0.6 is 11.6 Å². The molecule has 102 valence electrons. The number of alkyl halides is 4. The van der Waals surface area contributed by atoms with Crippen molar-refractivity contribution in [3.63, 3.8) is 0 Å². The Morgan fingerprint density at radius 2 is 2.00 bits per heavy atom. The van der Waals surface area contributed by atoms with Gasteiger partial charge in [0.1, 0.15) is 5.82 Å². The Balaban J connectivity index is 2.51. The molecule has 0 saturated carbocycles. The number of benzene rings is 1. The predicted octanol–water partition coefficient (Wildman–Crippen LogP) is 4.19. The third-order valence-corrected chi connectivity index (χ3v) is 2.53. The van der Waals surface area contributed by atoms with Gasteiger partial charge in [-0.25, -0.2) is 4.39 Å². The second-order valence-corrected chi connectivity index (χ2v) is 4.39. The third kappa shape index (κ3) is 2.70. The van der Waals surface area contributed by atoms with Crippen LogP contribution in [0.1, 0.15) is 23.7 Å². The fourth-order valence-corrected chi connectivity index (χ4v) is 1.51. The van der Waals surface area contributed by atoms with E-state index in [4.69, 9.17) is 16.1 Å². The van der Waals surface area contributed by atoms with Crippen molar-refractivity contribution in [2.45, 2.75) is 18.5 Å². The first-order valence-electron chi connectivity index (χ1n) is 5.14. The molecular weight excluding hydrogens is 288 g/mol. The molecule has 0 aliphatic carbocycles. The molecule has 0 saturated heterocycles. The number of nitrogens with zero attached hydrogens (tertiary/aromatic N) is 2. The van der Waals surface area contributed by atoms with Crippen LogP contribution in [0.2, 0.25) is 0 Å². The van der Waals surface area contributed by atoms with Crippen molar-refractivity contribution < 1.29 is 22.1 Å². The first-order chi connectivity index (χ1) is 8.80. The molecule has 1 heterocycles. The fraction of sp³-hybridized carbons (Fsp3) is 0.273. The minimum Gasteiger partial charge on any atom is -0.334 e. The van der Waals surface area contributed by atoms with Crippen LogP contribution in [-0.4, -0.2) is 10.1 Å². The van der Waals surface area contributed by atoms with Crippen molar-refractivity contribution in [1.82, 2.24) is 10.1 Å². The summed E-state index contributed by atoms with van der Waals surface area (Å²) in [6.07, 6.45) is -4.79.